The lowest BCUT2D eigenvalue weighted by Gasteiger charge is -2.22. The normalized spacial score (nSPS) is 11.4. The van der Waals surface area contributed by atoms with Crippen molar-refractivity contribution in [2.75, 3.05) is 14.1 Å². The van der Waals surface area contributed by atoms with E-state index < -0.39 is 0 Å². The number of aromatic nitrogens is 2. The van der Waals surface area contributed by atoms with Crippen molar-refractivity contribution < 1.29 is 0 Å². The van der Waals surface area contributed by atoms with Gasteiger partial charge in [0, 0.05) is 39.6 Å². The molecular formula is C20H23N5. The molecule has 128 valence electrons. The lowest BCUT2D eigenvalue weighted by Crippen LogP contribution is -2.38. The minimum atomic E-state index is 0.695. The summed E-state index contributed by atoms with van der Waals surface area (Å²) in [5, 5.41) is 3.45. The highest BCUT2D eigenvalue weighted by molar-refractivity contribution is 5.79. The van der Waals surface area contributed by atoms with Gasteiger partial charge in [0.05, 0.1) is 12.0 Å². The topological polar surface area (TPSA) is 45.5 Å². The molecule has 3 aromatic rings. The molecule has 0 aliphatic carbocycles. The first kappa shape index (κ1) is 16.8. The average Bonchev–Trinajstić information content (AvgIpc) is 3.18. The van der Waals surface area contributed by atoms with Gasteiger partial charge >= 0.3 is 0 Å². The quantitative estimate of drug-likeness (QED) is 0.576. The van der Waals surface area contributed by atoms with E-state index in [1.54, 1.807) is 6.20 Å². The van der Waals surface area contributed by atoms with Gasteiger partial charge < -0.3 is 14.8 Å². The second-order valence-electron chi connectivity index (χ2n) is 5.84. The first-order chi connectivity index (χ1) is 12.3. The number of hydrogen-bond acceptors (Lipinski definition) is 2. The molecule has 0 fully saturated rings. The van der Waals surface area contributed by atoms with E-state index in [1.807, 2.05) is 49.4 Å². The predicted octanol–water partition coefficient (Wildman–Crippen LogP) is 3.08. The maximum atomic E-state index is 4.40. The monoisotopic (exact) mass is 333 g/mol. The van der Waals surface area contributed by atoms with Crippen LogP contribution in [0.5, 0.6) is 0 Å². The van der Waals surface area contributed by atoms with Crippen molar-refractivity contribution in [3.8, 4) is 5.69 Å². The van der Waals surface area contributed by atoms with Crippen molar-refractivity contribution in [3.63, 3.8) is 0 Å². The van der Waals surface area contributed by atoms with Crippen LogP contribution < -0.4 is 5.32 Å². The van der Waals surface area contributed by atoms with Crippen LogP contribution in [0.1, 0.15) is 11.1 Å². The zero-order chi connectivity index (χ0) is 17.5. The second kappa shape index (κ2) is 8.15. The fraction of sp³-hybridized carbons (Fsp3) is 0.200. The summed E-state index contributed by atoms with van der Waals surface area (Å²) < 4.78 is 2.02. The molecule has 0 atom stereocenters. The van der Waals surface area contributed by atoms with Gasteiger partial charge in [0.1, 0.15) is 0 Å². The smallest absolute Gasteiger partial charge is 0.193 e. The number of nitrogens with one attached hydrogen (secondary N) is 1. The minimum absolute atomic E-state index is 0.695. The van der Waals surface area contributed by atoms with E-state index in [-0.39, 0.29) is 0 Å². The molecule has 0 radical (unpaired) electrons. The average molecular weight is 333 g/mol. The standard InChI is InChI=1S/C20H23N5/c1-21-20(24(2)15-17-8-4-3-5-9-17)23-14-18-10-6-7-11-19(18)25-13-12-22-16-25/h3-13,16H,14-15H2,1-2H3,(H,21,23). The lowest BCUT2D eigenvalue weighted by atomic mass is 10.1. The van der Waals surface area contributed by atoms with Crippen molar-refractivity contribution >= 4 is 5.96 Å². The molecule has 3 rings (SSSR count). The van der Waals surface area contributed by atoms with E-state index in [0.717, 1.165) is 18.2 Å². The summed E-state index contributed by atoms with van der Waals surface area (Å²) in [7, 11) is 3.86. The Morgan fingerprint density at radius 2 is 1.88 bits per heavy atom. The number of guanidine groups is 1. The van der Waals surface area contributed by atoms with Gasteiger partial charge in [0.15, 0.2) is 5.96 Å². The van der Waals surface area contributed by atoms with Crippen molar-refractivity contribution in [2.45, 2.75) is 13.1 Å². The first-order valence-corrected chi connectivity index (χ1v) is 8.30. The first-order valence-electron chi connectivity index (χ1n) is 8.30. The minimum Gasteiger partial charge on any atom is -0.352 e. The van der Waals surface area contributed by atoms with Crippen molar-refractivity contribution in [3.05, 3.63) is 84.4 Å². The van der Waals surface area contributed by atoms with Crippen LogP contribution in [0.3, 0.4) is 0 Å². The fourth-order valence-corrected chi connectivity index (χ4v) is 2.80. The molecule has 0 aliphatic heterocycles. The van der Waals surface area contributed by atoms with Gasteiger partial charge in [-0.05, 0) is 17.2 Å². The summed E-state index contributed by atoms with van der Waals surface area (Å²) in [5.74, 6) is 0.865. The third-order valence-electron chi connectivity index (χ3n) is 4.05. The van der Waals surface area contributed by atoms with Crippen molar-refractivity contribution in [1.82, 2.24) is 19.8 Å². The van der Waals surface area contributed by atoms with Gasteiger partial charge in [-0.15, -0.1) is 0 Å². The SMILES string of the molecule is CN=C(NCc1ccccc1-n1ccnc1)N(C)Cc1ccccc1. The van der Waals surface area contributed by atoms with Crippen LogP contribution >= 0.6 is 0 Å². The molecule has 1 aromatic heterocycles. The lowest BCUT2D eigenvalue weighted by molar-refractivity contribution is 0.476. The third-order valence-corrected chi connectivity index (χ3v) is 4.05. The number of nitrogens with zero attached hydrogens (tertiary/aromatic N) is 4. The molecule has 5 heteroatoms. The Hall–Kier alpha value is -3.08. The van der Waals surface area contributed by atoms with Crippen LogP contribution in [0.2, 0.25) is 0 Å². The zero-order valence-corrected chi connectivity index (χ0v) is 14.6. The Labute approximate surface area is 148 Å². The van der Waals surface area contributed by atoms with Crippen LogP contribution in [0.25, 0.3) is 5.69 Å². The molecule has 0 saturated heterocycles. The number of imidazole rings is 1. The number of benzene rings is 2. The molecule has 0 bridgehead atoms. The van der Waals surface area contributed by atoms with Gasteiger partial charge in [-0.25, -0.2) is 4.98 Å². The molecule has 0 saturated carbocycles. The van der Waals surface area contributed by atoms with E-state index in [2.05, 4.69) is 56.6 Å². The van der Waals surface area contributed by atoms with E-state index in [9.17, 15) is 0 Å². The Kier molecular flexibility index (Phi) is 5.46. The predicted molar refractivity (Wildman–Crippen MR) is 102 cm³/mol. The molecule has 0 aliphatic rings. The largest absolute Gasteiger partial charge is 0.352 e. The highest BCUT2D eigenvalue weighted by Gasteiger charge is 2.08. The summed E-state index contributed by atoms with van der Waals surface area (Å²) in [4.78, 5) is 10.7. The Morgan fingerprint density at radius 1 is 1.12 bits per heavy atom. The molecule has 1 N–H and O–H groups in total. The molecule has 0 spiro atoms. The Morgan fingerprint density at radius 3 is 2.60 bits per heavy atom. The maximum absolute atomic E-state index is 4.40. The maximum Gasteiger partial charge on any atom is 0.193 e. The summed E-state index contributed by atoms with van der Waals surface area (Å²) in [6, 6.07) is 18.7. The molecular weight excluding hydrogens is 310 g/mol. The highest BCUT2D eigenvalue weighted by Crippen LogP contribution is 2.14. The van der Waals surface area contributed by atoms with E-state index in [0.29, 0.717) is 6.54 Å². The van der Waals surface area contributed by atoms with Gasteiger partial charge in [0.2, 0.25) is 0 Å². The molecule has 5 nitrogen and oxygen atoms in total. The number of para-hydroxylation sites is 1. The second-order valence-corrected chi connectivity index (χ2v) is 5.84. The van der Waals surface area contributed by atoms with Gasteiger partial charge in [0.25, 0.3) is 0 Å². The van der Waals surface area contributed by atoms with E-state index in [4.69, 9.17) is 0 Å². The molecule has 0 unspecified atom stereocenters. The van der Waals surface area contributed by atoms with E-state index >= 15 is 0 Å². The summed E-state index contributed by atoms with van der Waals surface area (Å²) in [6.45, 7) is 1.50. The number of hydrogen-bond donors (Lipinski definition) is 1. The van der Waals surface area contributed by atoms with E-state index in [1.165, 1.54) is 11.1 Å². The van der Waals surface area contributed by atoms with Crippen LogP contribution in [0.4, 0.5) is 0 Å². The molecule has 0 amide bonds. The Bertz CT molecular complexity index is 809. The Balaban J connectivity index is 1.68. The summed E-state index contributed by atoms with van der Waals surface area (Å²) >= 11 is 0. The fourth-order valence-electron chi connectivity index (χ4n) is 2.80. The molecule has 2 aromatic carbocycles. The summed E-state index contributed by atoms with van der Waals surface area (Å²) in [6.07, 6.45) is 5.56. The third kappa shape index (κ3) is 4.26. The van der Waals surface area contributed by atoms with Crippen LogP contribution in [-0.4, -0.2) is 34.5 Å². The van der Waals surface area contributed by atoms with Crippen LogP contribution in [0, 0.1) is 0 Å². The highest BCUT2D eigenvalue weighted by atomic mass is 15.3. The molecule has 25 heavy (non-hydrogen) atoms. The number of aliphatic imine (C=N–C) groups is 1. The van der Waals surface area contributed by atoms with Gasteiger partial charge in [-0.1, -0.05) is 48.5 Å². The summed E-state index contributed by atoms with van der Waals surface area (Å²) in [5.41, 5.74) is 3.56. The van der Waals surface area contributed by atoms with Crippen LogP contribution in [0.15, 0.2) is 78.3 Å². The van der Waals surface area contributed by atoms with Crippen LogP contribution in [-0.2, 0) is 13.1 Å². The van der Waals surface area contributed by atoms with Crippen molar-refractivity contribution in [1.29, 1.82) is 0 Å². The number of rotatable bonds is 5. The van der Waals surface area contributed by atoms with Gasteiger partial charge in [-0.3, -0.25) is 4.99 Å². The molecule has 1 heterocycles. The zero-order valence-electron chi connectivity index (χ0n) is 14.6. The van der Waals surface area contributed by atoms with Crippen molar-refractivity contribution in [2.24, 2.45) is 4.99 Å². The van der Waals surface area contributed by atoms with Gasteiger partial charge in [-0.2, -0.15) is 0 Å².